The van der Waals surface area contributed by atoms with Gasteiger partial charge in [-0.25, -0.2) is 9.78 Å². The van der Waals surface area contributed by atoms with Crippen LogP contribution in [-0.4, -0.2) is 42.6 Å². The molecule has 0 fully saturated rings. The average Bonchev–Trinajstić information content (AvgIpc) is 3.18. The third-order valence-electron chi connectivity index (χ3n) is 3.90. The van der Waals surface area contributed by atoms with Gasteiger partial charge in [0, 0.05) is 5.56 Å². The van der Waals surface area contributed by atoms with E-state index in [2.05, 4.69) is 15.5 Å². The summed E-state index contributed by atoms with van der Waals surface area (Å²) in [5, 5.41) is 6.85. The van der Waals surface area contributed by atoms with Crippen LogP contribution < -0.4 is 14.8 Å². The van der Waals surface area contributed by atoms with E-state index in [1.807, 2.05) is 0 Å². The Labute approximate surface area is 181 Å². The first-order chi connectivity index (χ1) is 14.3. The highest BCUT2D eigenvalue weighted by molar-refractivity contribution is 6.36. The number of aryl methyl sites for hydroxylation is 1. The van der Waals surface area contributed by atoms with Crippen molar-refractivity contribution in [2.45, 2.75) is 13.8 Å². The van der Waals surface area contributed by atoms with Gasteiger partial charge in [-0.2, -0.15) is 0 Å². The maximum absolute atomic E-state index is 11.9. The van der Waals surface area contributed by atoms with E-state index < -0.39 is 25.1 Å². The third-order valence-corrected chi connectivity index (χ3v) is 4.57. The minimum absolute atomic E-state index is 0.125. The van der Waals surface area contributed by atoms with Crippen LogP contribution in [0.15, 0.2) is 29.4 Å². The number of fused-ring (bicyclic) bond motifs is 1. The number of hydrogen-bond acceptors (Lipinski definition) is 8. The summed E-state index contributed by atoms with van der Waals surface area (Å²) in [5.74, 6) is 0.00979. The van der Waals surface area contributed by atoms with E-state index in [-0.39, 0.29) is 17.6 Å². The number of rotatable bonds is 7. The lowest BCUT2D eigenvalue weighted by Crippen LogP contribution is -2.23. The summed E-state index contributed by atoms with van der Waals surface area (Å²) in [6.07, 6.45) is 0. The Morgan fingerprint density at radius 2 is 1.93 bits per heavy atom. The molecule has 0 radical (unpaired) electrons. The number of nitrogens with zero attached hydrogens (tertiary/aromatic N) is 2. The molecule has 1 aliphatic rings. The Balaban J connectivity index is 1.44. The summed E-state index contributed by atoms with van der Waals surface area (Å²) in [6.45, 7) is 2.55. The number of oxime groups is 1. The van der Waals surface area contributed by atoms with Gasteiger partial charge in [-0.15, -0.1) is 0 Å². The van der Waals surface area contributed by atoms with Crippen molar-refractivity contribution in [2.24, 2.45) is 5.16 Å². The fourth-order valence-electron chi connectivity index (χ4n) is 2.36. The largest absolute Gasteiger partial charge is 0.454 e. The van der Waals surface area contributed by atoms with E-state index in [0.717, 1.165) is 5.56 Å². The summed E-state index contributed by atoms with van der Waals surface area (Å²) in [7, 11) is 0. The molecule has 1 N–H and O–H groups in total. The molecule has 30 heavy (non-hydrogen) atoms. The molecule has 11 heteroatoms. The van der Waals surface area contributed by atoms with Crippen LogP contribution in [0.2, 0.25) is 10.0 Å². The SMILES string of the molecule is C/C(=N\OCC(=O)OCC(=O)Nc1nc(C)c(Cl)cc1Cl)c1ccc2c(c1)OCO2. The van der Waals surface area contributed by atoms with Crippen molar-refractivity contribution < 1.29 is 28.6 Å². The van der Waals surface area contributed by atoms with E-state index in [9.17, 15) is 9.59 Å². The molecule has 1 amide bonds. The van der Waals surface area contributed by atoms with Gasteiger partial charge >= 0.3 is 5.97 Å². The molecule has 0 aliphatic carbocycles. The van der Waals surface area contributed by atoms with Crippen LogP contribution in [0.1, 0.15) is 18.2 Å². The van der Waals surface area contributed by atoms with Crippen LogP contribution in [-0.2, 0) is 19.2 Å². The highest BCUT2D eigenvalue weighted by atomic mass is 35.5. The topological polar surface area (TPSA) is 108 Å². The maximum Gasteiger partial charge on any atom is 0.347 e. The van der Waals surface area contributed by atoms with E-state index in [1.54, 1.807) is 32.0 Å². The molecule has 1 aliphatic heterocycles. The number of pyridine rings is 1. The molecule has 158 valence electrons. The Hall–Kier alpha value is -3.04. The Morgan fingerprint density at radius 1 is 1.17 bits per heavy atom. The number of halogens is 2. The van der Waals surface area contributed by atoms with Crippen LogP contribution in [0.5, 0.6) is 11.5 Å². The monoisotopic (exact) mass is 453 g/mol. The second kappa shape index (κ2) is 9.64. The van der Waals surface area contributed by atoms with Crippen molar-refractivity contribution in [1.82, 2.24) is 4.98 Å². The molecule has 0 bridgehead atoms. The lowest BCUT2D eigenvalue weighted by atomic mass is 10.1. The number of benzene rings is 1. The number of aromatic nitrogens is 1. The first kappa shape index (κ1) is 21.7. The average molecular weight is 454 g/mol. The van der Waals surface area contributed by atoms with Crippen LogP contribution in [0.25, 0.3) is 0 Å². The van der Waals surface area contributed by atoms with Gasteiger partial charge in [-0.3, -0.25) is 4.79 Å². The zero-order chi connectivity index (χ0) is 21.7. The van der Waals surface area contributed by atoms with Crippen molar-refractivity contribution in [3.63, 3.8) is 0 Å². The number of amides is 1. The van der Waals surface area contributed by atoms with Crippen molar-refractivity contribution in [3.8, 4) is 11.5 Å². The zero-order valence-corrected chi connectivity index (χ0v) is 17.5. The second-order valence-corrected chi connectivity index (χ2v) is 6.93. The number of esters is 1. The second-order valence-electron chi connectivity index (χ2n) is 6.11. The summed E-state index contributed by atoms with van der Waals surface area (Å²) in [6, 6.07) is 6.76. The number of carbonyl (C=O) groups is 2. The molecule has 1 aromatic carbocycles. The van der Waals surface area contributed by atoms with Gasteiger partial charge in [-0.05, 0) is 38.1 Å². The fraction of sp³-hybridized carbons (Fsp3) is 0.263. The van der Waals surface area contributed by atoms with Crippen LogP contribution in [0.3, 0.4) is 0 Å². The predicted octanol–water partition coefficient (Wildman–Crippen LogP) is 3.35. The van der Waals surface area contributed by atoms with Gasteiger partial charge in [0.05, 0.1) is 21.5 Å². The lowest BCUT2D eigenvalue weighted by Gasteiger charge is -2.09. The highest BCUT2D eigenvalue weighted by Gasteiger charge is 2.15. The van der Waals surface area contributed by atoms with Gasteiger partial charge in [0.2, 0.25) is 13.4 Å². The quantitative estimate of drug-likeness (QED) is 0.388. The molecule has 9 nitrogen and oxygen atoms in total. The molecule has 3 rings (SSSR count). The van der Waals surface area contributed by atoms with Crippen LogP contribution in [0, 0.1) is 6.92 Å². The van der Waals surface area contributed by atoms with Crippen molar-refractivity contribution >= 4 is 46.6 Å². The molecule has 2 heterocycles. The smallest absolute Gasteiger partial charge is 0.347 e. The Bertz CT molecular complexity index is 1010. The van der Waals surface area contributed by atoms with E-state index >= 15 is 0 Å². The Kier molecular flexibility index (Phi) is 6.96. The predicted molar refractivity (Wildman–Crippen MR) is 109 cm³/mol. The zero-order valence-electron chi connectivity index (χ0n) is 16.0. The third kappa shape index (κ3) is 5.52. The summed E-state index contributed by atoms with van der Waals surface area (Å²) >= 11 is 11.9. The molecule has 0 saturated heterocycles. The molecule has 0 spiro atoms. The van der Waals surface area contributed by atoms with Crippen LogP contribution in [0.4, 0.5) is 5.82 Å². The summed E-state index contributed by atoms with van der Waals surface area (Å²) in [5.41, 5.74) is 1.77. The van der Waals surface area contributed by atoms with Crippen molar-refractivity contribution in [1.29, 1.82) is 0 Å². The molecule has 0 unspecified atom stereocenters. The molecule has 2 aromatic rings. The fourth-order valence-corrected chi connectivity index (χ4v) is 2.76. The van der Waals surface area contributed by atoms with Crippen LogP contribution >= 0.6 is 23.2 Å². The standard InChI is InChI=1S/C19H17Cl2N3O6/c1-10(12-3-4-15-16(5-12)29-9-28-15)24-30-8-18(26)27-7-17(25)23-19-14(21)6-13(20)11(2)22-19/h3-6H,7-9H2,1-2H3,(H,22,23,25)/b24-10+. The van der Waals surface area contributed by atoms with Gasteiger partial charge in [0.1, 0.15) is 0 Å². The number of ether oxygens (including phenoxy) is 3. The van der Waals surface area contributed by atoms with Gasteiger partial charge < -0.3 is 24.4 Å². The normalized spacial score (nSPS) is 12.5. The van der Waals surface area contributed by atoms with Gasteiger partial charge in [0.15, 0.2) is 23.9 Å². The summed E-state index contributed by atoms with van der Waals surface area (Å²) in [4.78, 5) is 32.7. The Morgan fingerprint density at radius 3 is 2.73 bits per heavy atom. The number of hydrogen-bond donors (Lipinski definition) is 1. The number of anilines is 1. The first-order valence-corrected chi connectivity index (χ1v) is 9.44. The first-order valence-electron chi connectivity index (χ1n) is 8.68. The minimum atomic E-state index is -0.765. The number of carbonyl (C=O) groups excluding carboxylic acids is 2. The maximum atomic E-state index is 11.9. The minimum Gasteiger partial charge on any atom is -0.454 e. The lowest BCUT2D eigenvalue weighted by molar-refractivity contribution is -0.151. The van der Waals surface area contributed by atoms with Gasteiger partial charge in [0.25, 0.3) is 5.91 Å². The van der Waals surface area contributed by atoms with E-state index in [1.165, 1.54) is 6.07 Å². The van der Waals surface area contributed by atoms with E-state index in [4.69, 9.17) is 42.3 Å². The molecular weight excluding hydrogens is 437 g/mol. The van der Waals surface area contributed by atoms with Gasteiger partial charge in [-0.1, -0.05) is 28.4 Å². The molecular formula is C19H17Cl2N3O6. The molecule has 0 saturated carbocycles. The highest BCUT2D eigenvalue weighted by Crippen LogP contribution is 2.32. The molecule has 1 aromatic heterocycles. The summed E-state index contributed by atoms with van der Waals surface area (Å²) < 4.78 is 15.4. The number of nitrogens with one attached hydrogen (secondary N) is 1. The van der Waals surface area contributed by atoms with Crippen molar-refractivity contribution in [2.75, 3.05) is 25.3 Å². The van der Waals surface area contributed by atoms with E-state index in [0.29, 0.717) is 27.9 Å². The molecule has 0 atom stereocenters. The van der Waals surface area contributed by atoms with Crippen molar-refractivity contribution in [3.05, 3.63) is 45.6 Å².